The quantitative estimate of drug-likeness (QED) is 0.363. The van der Waals surface area contributed by atoms with Crippen LogP contribution in [0.4, 0.5) is 5.69 Å². The van der Waals surface area contributed by atoms with Gasteiger partial charge in [-0.15, -0.1) is 4.91 Å². The average Bonchev–Trinajstić information content (AvgIpc) is 2.93. The summed E-state index contributed by atoms with van der Waals surface area (Å²) in [5.74, 6) is 1.17. The third kappa shape index (κ3) is 3.93. The molecule has 6 nitrogen and oxygen atoms in total. The van der Waals surface area contributed by atoms with Crippen LogP contribution in [0.5, 0.6) is 17.4 Å². The topological polar surface area (TPSA) is 73.0 Å². The summed E-state index contributed by atoms with van der Waals surface area (Å²) in [5.41, 5.74) is 1.67. The summed E-state index contributed by atoms with van der Waals surface area (Å²) in [7, 11) is 1.60. The van der Waals surface area contributed by atoms with Crippen molar-refractivity contribution < 1.29 is 14.6 Å². The number of hydrogen-bond donors (Lipinski definition) is 1. The second kappa shape index (κ2) is 8.43. The Kier molecular flexibility index (Phi) is 6.01. The van der Waals surface area contributed by atoms with E-state index in [1.54, 1.807) is 17.7 Å². The van der Waals surface area contributed by atoms with E-state index in [0.717, 1.165) is 28.4 Å². The molecule has 0 amide bonds. The zero-order valence-corrected chi connectivity index (χ0v) is 16.8. The molecule has 2 aromatic carbocycles. The number of fused-ring (bicyclic) bond motifs is 1. The molecule has 1 aromatic heterocycles. The average molecular weight is 433 g/mol. The first kappa shape index (κ1) is 19.2. The SMILES string of the molecule is CCCCOc1ccc(Cn2c(O)c(N=O)c3cc(Br)ccc32)cc1OC. The summed E-state index contributed by atoms with van der Waals surface area (Å²) in [6.45, 7) is 3.11. The maximum Gasteiger partial charge on any atom is 0.222 e. The molecule has 0 spiro atoms. The zero-order valence-electron chi connectivity index (χ0n) is 15.2. The highest BCUT2D eigenvalue weighted by atomic mass is 79.9. The van der Waals surface area contributed by atoms with Crippen molar-refractivity contribution in [2.75, 3.05) is 13.7 Å². The van der Waals surface area contributed by atoms with Gasteiger partial charge in [0, 0.05) is 9.86 Å². The highest BCUT2D eigenvalue weighted by Gasteiger charge is 2.18. The van der Waals surface area contributed by atoms with Crippen LogP contribution in [0, 0.1) is 4.91 Å². The van der Waals surface area contributed by atoms with E-state index in [9.17, 15) is 10.0 Å². The molecule has 0 saturated carbocycles. The van der Waals surface area contributed by atoms with Crippen molar-refractivity contribution in [3.05, 3.63) is 51.3 Å². The van der Waals surface area contributed by atoms with E-state index in [1.807, 2.05) is 30.3 Å². The molecule has 0 radical (unpaired) electrons. The summed E-state index contributed by atoms with van der Waals surface area (Å²) < 4.78 is 13.7. The lowest BCUT2D eigenvalue weighted by atomic mass is 10.2. The molecule has 7 heteroatoms. The van der Waals surface area contributed by atoms with Gasteiger partial charge < -0.3 is 19.1 Å². The second-order valence-corrected chi connectivity index (χ2v) is 7.11. The number of nitrogens with zero attached hydrogens (tertiary/aromatic N) is 2. The van der Waals surface area contributed by atoms with Crippen LogP contribution >= 0.6 is 15.9 Å². The Hall–Kier alpha value is -2.54. The highest BCUT2D eigenvalue weighted by molar-refractivity contribution is 9.10. The minimum absolute atomic E-state index is 0.0396. The van der Waals surface area contributed by atoms with Crippen molar-refractivity contribution in [3.63, 3.8) is 0 Å². The lowest BCUT2D eigenvalue weighted by molar-refractivity contribution is 0.288. The van der Waals surface area contributed by atoms with Gasteiger partial charge >= 0.3 is 0 Å². The highest BCUT2D eigenvalue weighted by Crippen LogP contribution is 2.40. The maximum absolute atomic E-state index is 11.2. The molecule has 0 aliphatic carbocycles. The van der Waals surface area contributed by atoms with Gasteiger partial charge in [-0.3, -0.25) is 0 Å². The van der Waals surface area contributed by atoms with Crippen molar-refractivity contribution in [1.29, 1.82) is 0 Å². The Morgan fingerprint density at radius 1 is 1.19 bits per heavy atom. The number of rotatable bonds is 8. The van der Waals surface area contributed by atoms with Crippen LogP contribution < -0.4 is 9.47 Å². The number of aromatic hydroxyl groups is 1. The Balaban J connectivity index is 1.95. The largest absolute Gasteiger partial charge is 0.493 e. The molecule has 1 heterocycles. The fraction of sp³-hybridized carbons (Fsp3) is 0.300. The van der Waals surface area contributed by atoms with Gasteiger partial charge in [-0.05, 0) is 47.5 Å². The van der Waals surface area contributed by atoms with Gasteiger partial charge in [-0.1, -0.05) is 35.3 Å². The van der Waals surface area contributed by atoms with Gasteiger partial charge in [0.25, 0.3) is 0 Å². The summed E-state index contributed by atoms with van der Waals surface area (Å²) in [5, 5.41) is 14.1. The third-order valence-corrected chi connectivity index (χ3v) is 4.88. The number of benzene rings is 2. The molecule has 0 fully saturated rings. The standard InChI is InChI=1S/C20H21BrN2O4/c1-3-4-9-27-17-8-5-13(10-18(17)26-2)12-23-16-7-6-14(21)11-15(16)19(22-25)20(23)24/h5-8,10-11,24H,3-4,9,12H2,1-2H3. The summed E-state index contributed by atoms with van der Waals surface area (Å²) in [4.78, 5) is 11.2. The van der Waals surface area contributed by atoms with E-state index in [4.69, 9.17) is 9.47 Å². The molecule has 0 unspecified atom stereocenters. The van der Waals surface area contributed by atoms with E-state index >= 15 is 0 Å². The Morgan fingerprint density at radius 2 is 2.00 bits per heavy atom. The predicted molar refractivity (Wildman–Crippen MR) is 109 cm³/mol. The molecule has 3 rings (SSSR count). The van der Waals surface area contributed by atoms with E-state index in [2.05, 4.69) is 28.0 Å². The molecular weight excluding hydrogens is 412 g/mol. The fourth-order valence-electron chi connectivity index (χ4n) is 2.98. The minimum Gasteiger partial charge on any atom is -0.493 e. The predicted octanol–water partition coefficient (Wildman–Crippen LogP) is 5.74. The number of aromatic nitrogens is 1. The van der Waals surface area contributed by atoms with Crippen LogP contribution in [0.3, 0.4) is 0 Å². The van der Waals surface area contributed by atoms with E-state index < -0.39 is 0 Å². The van der Waals surface area contributed by atoms with Crippen molar-refractivity contribution in [2.45, 2.75) is 26.3 Å². The smallest absolute Gasteiger partial charge is 0.222 e. The molecule has 3 aromatic rings. The maximum atomic E-state index is 11.2. The molecule has 0 aliphatic heterocycles. The monoisotopic (exact) mass is 432 g/mol. The molecule has 0 saturated heterocycles. The number of hydrogen-bond acceptors (Lipinski definition) is 5. The Bertz CT molecular complexity index is 968. The van der Waals surface area contributed by atoms with E-state index in [0.29, 0.717) is 30.0 Å². The third-order valence-electron chi connectivity index (χ3n) is 4.39. The van der Waals surface area contributed by atoms with Gasteiger partial charge in [0.05, 0.1) is 25.8 Å². The van der Waals surface area contributed by atoms with Gasteiger partial charge in [0.2, 0.25) is 5.88 Å². The Labute approximate surface area is 165 Å². The fourth-order valence-corrected chi connectivity index (χ4v) is 3.35. The van der Waals surface area contributed by atoms with Gasteiger partial charge in [0.1, 0.15) is 0 Å². The molecule has 0 atom stereocenters. The number of nitroso groups, excluding NO2 is 1. The van der Waals surface area contributed by atoms with Crippen LogP contribution in [-0.2, 0) is 6.54 Å². The van der Waals surface area contributed by atoms with Gasteiger partial charge in [-0.25, -0.2) is 0 Å². The van der Waals surface area contributed by atoms with Crippen molar-refractivity contribution >= 4 is 32.5 Å². The molecular formula is C20H21BrN2O4. The zero-order chi connectivity index (χ0) is 19.4. The number of unbranched alkanes of at least 4 members (excludes halogenated alkanes) is 1. The lowest BCUT2D eigenvalue weighted by Gasteiger charge is -2.13. The summed E-state index contributed by atoms with van der Waals surface area (Å²) in [6.07, 6.45) is 2.04. The van der Waals surface area contributed by atoms with E-state index in [-0.39, 0.29) is 11.6 Å². The molecule has 0 bridgehead atoms. The van der Waals surface area contributed by atoms with Crippen LogP contribution in [0.25, 0.3) is 10.9 Å². The van der Waals surface area contributed by atoms with Gasteiger partial charge in [-0.2, -0.15) is 0 Å². The van der Waals surface area contributed by atoms with Crippen LogP contribution in [0.15, 0.2) is 46.0 Å². The first-order valence-electron chi connectivity index (χ1n) is 8.72. The summed E-state index contributed by atoms with van der Waals surface area (Å²) >= 11 is 3.38. The van der Waals surface area contributed by atoms with Crippen LogP contribution in [0.1, 0.15) is 25.3 Å². The molecule has 27 heavy (non-hydrogen) atoms. The van der Waals surface area contributed by atoms with Crippen LogP contribution in [-0.4, -0.2) is 23.4 Å². The number of methoxy groups -OCH3 is 1. The van der Waals surface area contributed by atoms with Crippen LogP contribution in [0.2, 0.25) is 0 Å². The second-order valence-electron chi connectivity index (χ2n) is 6.20. The first-order valence-corrected chi connectivity index (χ1v) is 9.52. The van der Waals surface area contributed by atoms with Gasteiger partial charge in [0.15, 0.2) is 17.2 Å². The summed E-state index contributed by atoms with van der Waals surface area (Å²) in [6, 6.07) is 11.1. The number of ether oxygens (including phenoxy) is 2. The lowest BCUT2D eigenvalue weighted by Crippen LogP contribution is -2.02. The molecule has 0 aliphatic rings. The van der Waals surface area contributed by atoms with Crippen molar-refractivity contribution in [1.82, 2.24) is 4.57 Å². The van der Waals surface area contributed by atoms with E-state index in [1.165, 1.54) is 0 Å². The molecule has 142 valence electrons. The normalized spacial score (nSPS) is 10.9. The number of halogens is 1. The van der Waals surface area contributed by atoms with Crippen molar-refractivity contribution in [2.24, 2.45) is 5.18 Å². The molecule has 1 N–H and O–H groups in total. The Morgan fingerprint density at radius 3 is 2.70 bits per heavy atom. The van der Waals surface area contributed by atoms with Crippen molar-refractivity contribution in [3.8, 4) is 17.4 Å². The minimum atomic E-state index is -0.152. The first-order chi connectivity index (χ1) is 13.1.